The Hall–Kier alpha value is -2.29. The summed E-state index contributed by atoms with van der Waals surface area (Å²) in [6.07, 6.45) is -4.65. The van der Waals surface area contributed by atoms with Crippen LogP contribution in [0.1, 0.15) is 38.3 Å². The Morgan fingerprint density at radius 3 is 2.54 bits per heavy atom. The van der Waals surface area contributed by atoms with Crippen molar-refractivity contribution in [3.05, 3.63) is 35.4 Å². The summed E-state index contributed by atoms with van der Waals surface area (Å²) in [5.41, 5.74) is -1.02. The average Bonchev–Trinajstić information content (AvgIpc) is 2.57. The standard InChI is InChI=1S/C19H25F3N2O4/c1-18(2,3)28-17(27)24-8-7-15(14(11-24)16(25)26)23-10-12-5-4-6-13(9-12)19(20,21)22/h4-6,9,14-15,23H,7-8,10-11H2,1-3H3,(H,25,26). The molecule has 1 aliphatic rings. The molecule has 6 nitrogen and oxygen atoms in total. The largest absolute Gasteiger partial charge is 0.481 e. The van der Waals surface area contributed by atoms with Crippen molar-refractivity contribution in [1.29, 1.82) is 0 Å². The number of ether oxygens (including phenoxy) is 1. The minimum absolute atomic E-state index is 0.0233. The molecule has 156 valence electrons. The van der Waals surface area contributed by atoms with Gasteiger partial charge < -0.3 is 20.1 Å². The van der Waals surface area contributed by atoms with Crippen LogP contribution in [-0.4, -0.2) is 46.8 Å². The van der Waals surface area contributed by atoms with E-state index < -0.39 is 41.4 Å². The first kappa shape index (κ1) is 22.0. The number of amides is 1. The normalized spacial score (nSPS) is 20.7. The van der Waals surface area contributed by atoms with E-state index in [1.165, 1.54) is 11.0 Å². The van der Waals surface area contributed by atoms with Gasteiger partial charge in [0.1, 0.15) is 5.60 Å². The fourth-order valence-electron chi connectivity index (χ4n) is 3.05. The zero-order valence-electron chi connectivity index (χ0n) is 16.0. The number of alkyl halides is 3. The second-order valence-corrected chi connectivity index (χ2v) is 7.85. The predicted octanol–water partition coefficient (Wildman–Crippen LogP) is 3.51. The summed E-state index contributed by atoms with van der Waals surface area (Å²) in [6.45, 7) is 5.56. The van der Waals surface area contributed by atoms with Gasteiger partial charge in [0, 0.05) is 25.7 Å². The van der Waals surface area contributed by atoms with Gasteiger partial charge in [0.25, 0.3) is 0 Å². The van der Waals surface area contributed by atoms with Crippen LogP contribution in [0, 0.1) is 5.92 Å². The Bertz CT molecular complexity index is 716. The summed E-state index contributed by atoms with van der Waals surface area (Å²) in [7, 11) is 0. The van der Waals surface area contributed by atoms with Gasteiger partial charge in [-0.1, -0.05) is 18.2 Å². The van der Waals surface area contributed by atoms with Crippen molar-refractivity contribution >= 4 is 12.1 Å². The second kappa shape index (κ2) is 8.38. The number of aliphatic carboxylic acids is 1. The van der Waals surface area contributed by atoms with E-state index in [0.29, 0.717) is 18.5 Å². The first-order valence-corrected chi connectivity index (χ1v) is 8.97. The SMILES string of the molecule is CC(C)(C)OC(=O)N1CCC(NCc2cccc(C(F)(F)F)c2)C(C(=O)O)C1. The highest BCUT2D eigenvalue weighted by Gasteiger charge is 2.37. The van der Waals surface area contributed by atoms with Crippen molar-refractivity contribution < 1.29 is 32.6 Å². The third-order valence-corrected chi connectivity index (χ3v) is 4.40. The molecule has 0 saturated carbocycles. The molecular weight excluding hydrogens is 377 g/mol. The number of carbonyl (C=O) groups is 2. The number of carboxylic acids is 1. The van der Waals surface area contributed by atoms with Crippen LogP contribution in [0.2, 0.25) is 0 Å². The summed E-state index contributed by atoms with van der Waals surface area (Å²) < 4.78 is 43.7. The minimum Gasteiger partial charge on any atom is -0.481 e. The number of hydrogen-bond acceptors (Lipinski definition) is 4. The molecule has 1 saturated heterocycles. The molecule has 9 heteroatoms. The maximum absolute atomic E-state index is 12.8. The molecule has 2 N–H and O–H groups in total. The van der Waals surface area contributed by atoms with E-state index >= 15 is 0 Å². The molecule has 1 amide bonds. The van der Waals surface area contributed by atoms with Crippen molar-refractivity contribution in [2.75, 3.05) is 13.1 Å². The summed E-state index contributed by atoms with van der Waals surface area (Å²) in [5, 5.41) is 12.5. The van der Waals surface area contributed by atoms with Crippen molar-refractivity contribution in [3.8, 4) is 0 Å². The van der Waals surface area contributed by atoms with Crippen molar-refractivity contribution in [2.24, 2.45) is 5.92 Å². The molecule has 1 aromatic carbocycles. The summed E-state index contributed by atoms with van der Waals surface area (Å²) in [5.74, 6) is -1.96. The maximum Gasteiger partial charge on any atom is 0.416 e. The number of nitrogens with one attached hydrogen (secondary N) is 1. The van der Waals surface area contributed by atoms with Gasteiger partial charge in [-0.3, -0.25) is 4.79 Å². The molecule has 2 unspecified atom stereocenters. The van der Waals surface area contributed by atoms with Gasteiger partial charge in [-0.2, -0.15) is 13.2 Å². The summed E-state index contributed by atoms with van der Waals surface area (Å²) in [4.78, 5) is 25.2. The molecule has 28 heavy (non-hydrogen) atoms. The molecule has 1 aliphatic heterocycles. The quantitative estimate of drug-likeness (QED) is 0.806. The molecule has 1 aromatic rings. The fraction of sp³-hybridized carbons (Fsp3) is 0.579. The van der Waals surface area contributed by atoms with E-state index in [9.17, 15) is 27.9 Å². The van der Waals surface area contributed by atoms with Gasteiger partial charge in [-0.05, 0) is 38.8 Å². The van der Waals surface area contributed by atoms with Crippen molar-refractivity contribution in [3.63, 3.8) is 0 Å². The van der Waals surface area contributed by atoms with Crippen LogP contribution in [0.25, 0.3) is 0 Å². The molecule has 0 bridgehead atoms. The number of hydrogen-bond donors (Lipinski definition) is 2. The number of rotatable bonds is 4. The van der Waals surface area contributed by atoms with E-state index in [0.717, 1.165) is 12.1 Å². The Kier molecular flexibility index (Phi) is 6.59. The summed E-state index contributed by atoms with van der Waals surface area (Å²) in [6, 6.07) is 4.43. The summed E-state index contributed by atoms with van der Waals surface area (Å²) >= 11 is 0. The number of nitrogens with zero attached hydrogens (tertiary/aromatic N) is 1. The van der Waals surface area contributed by atoms with Crippen LogP contribution in [0.15, 0.2) is 24.3 Å². The van der Waals surface area contributed by atoms with Crippen molar-refractivity contribution in [2.45, 2.75) is 51.6 Å². The average molecular weight is 402 g/mol. The Morgan fingerprint density at radius 1 is 1.29 bits per heavy atom. The van der Waals surface area contributed by atoms with E-state index in [1.807, 2.05) is 0 Å². The number of likely N-dealkylation sites (tertiary alicyclic amines) is 1. The zero-order chi connectivity index (χ0) is 21.1. The van der Waals surface area contributed by atoms with Crippen LogP contribution in [0.3, 0.4) is 0 Å². The van der Waals surface area contributed by atoms with Gasteiger partial charge in [-0.15, -0.1) is 0 Å². The highest BCUT2D eigenvalue weighted by Crippen LogP contribution is 2.29. The van der Waals surface area contributed by atoms with Crippen LogP contribution < -0.4 is 5.32 Å². The lowest BCUT2D eigenvalue weighted by atomic mass is 9.92. The van der Waals surface area contributed by atoms with Gasteiger partial charge in [-0.25, -0.2) is 4.79 Å². The Balaban J connectivity index is 2.01. The van der Waals surface area contributed by atoms with Crippen molar-refractivity contribution in [1.82, 2.24) is 10.2 Å². The van der Waals surface area contributed by atoms with Gasteiger partial charge in [0.15, 0.2) is 0 Å². The van der Waals surface area contributed by atoms with E-state index in [1.54, 1.807) is 26.8 Å². The zero-order valence-corrected chi connectivity index (χ0v) is 16.0. The number of piperidine rings is 1. The molecule has 0 aromatic heterocycles. The first-order valence-electron chi connectivity index (χ1n) is 8.97. The number of halogens is 3. The molecule has 2 rings (SSSR count). The lowest BCUT2D eigenvalue weighted by Gasteiger charge is -2.37. The topological polar surface area (TPSA) is 78.9 Å². The molecule has 0 radical (unpaired) electrons. The molecular formula is C19H25F3N2O4. The minimum atomic E-state index is -4.43. The lowest BCUT2D eigenvalue weighted by molar-refractivity contribution is -0.144. The molecule has 2 atom stereocenters. The predicted molar refractivity (Wildman–Crippen MR) is 95.6 cm³/mol. The maximum atomic E-state index is 12.8. The van der Waals surface area contributed by atoms with Crippen LogP contribution in [0.5, 0.6) is 0 Å². The smallest absolute Gasteiger partial charge is 0.416 e. The monoisotopic (exact) mass is 402 g/mol. The number of carboxylic acid groups (broad SMARTS) is 1. The van der Waals surface area contributed by atoms with Crippen LogP contribution >= 0.6 is 0 Å². The van der Waals surface area contributed by atoms with E-state index in [2.05, 4.69) is 5.32 Å². The third-order valence-electron chi connectivity index (χ3n) is 4.40. The molecule has 0 aliphatic carbocycles. The van der Waals surface area contributed by atoms with Gasteiger partial charge in [0.05, 0.1) is 11.5 Å². The van der Waals surface area contributed by atoms with E-state index in [-0.39, 0.29) is 13.1 Å². The highest BCUT2D eigenvalue weighted by molar-refractivity contribution is 5.74. The number of carbonyl (C=O) groups excluding carboxylic acids is 1. The van der Waals surface area contributed by atoms with Crippen LogP contribution in [-0.2, 0) is 22.3 Å². The number of benzene rings is 1. The highest BCUT2D eigenvalue weighted by atomic mass is 19.4. The third kappa shape index (κ3) is 6.12. The fourth-order valence-corrected chi connectivity index (χ4v) is 3.05. The van der Waals surface area contributed by atoms with Gasteiger partial charge in [0.2, 0.25) is 0 Å². The van der Waals surface area contributed by atoms with Crippen LogP contribution in [0.4, 0.5) is 18.0 Å². The molecule has 0 spiro atoms. The first-order chi connectivity index (χ1) is 12.9. The Morgan fingerprint density at radius 2 is 1.96 bits per heavy atom. The Labute approximate surface area is 161 Å². The van der Waals surface area contributed by atoms with Gasteiger partial charge >= 0.3 is 18.2 Å². The second-order valence-electron chi connectivity index (χ2n) is 7.85. The molecule has 1 heterocycles. The lowest BCUT2D eigenvalue weighted by Crippen LogP contribution is -2.54. The molecule has 1 fully saturated rings. The van der Waals surface area contributed by atoms with E-state index in [4.69, 9.17) is 4.74 Å².